The van der Waals surface area contributed by atoms with E-state index in [4.69, 9.17) is 0 Å². The summed E-state index contributed by atoms with van der Waals surface area (Å²) in [6, 6.07) is 5.13. The van der Waals surface area contributed by atoms with Crippen LogP contribution in [-0.2, 0) is 4.79 Å². The Hall–Kier alpha value is -2.63. The van der Waals surface area contributed by atoms with Gasteiger partial charge in [0.2, 0.25) is 0 Å². The number of carbonyl (C=O) groups is 2. The molecule has 2 rings (SSSR count). The summed E-state index contributed by atoms with van der Waals surface area (Å²) >= 11 is 0. The third-order valence-corrected chi connectivity index (χ3v) is 4.61. The molecule has 0 bridgehead atoms. The van der Waals surface area contributed by atoms with E-state index in [1.807, 2.05) is 52.8 Å². The fourth-order valence-electron chi connectivity index (χ4n) is 2.73. The van der Waals surface area contributed by atoms with Gasteiger partial charge >= 0.3 is 5.97 Å². The normalized spacial score (nSPS) is 13.3. The molecule has 0 aliphatic heterocycles. The van der Waals surface area contributed by atoms with Gasteiger partial charge in [-0.25, -0.2) is 9.48 Å². The highest BCUT2D eigenvalue weighted by atomic mass is 16.4. The molecule has 0 saturated heterocycles. The van der Waals surface area contributed by atoms with Crippen molar-refractivity contribution in [3.8, 4) is 5.69 Å². The Morgan fingerprint density at radius 1 is 1.28 bits per heavy atom. The van der Waals surface area contributed by atoms with E-state index in [0.29, 0.717) is 17.7 Å². The number of nitrogens with zero attached hydrogens (tertiary/aromatic N) is 2. The van der Waals surface area contributed by atoms with Crippen molar-refractivity contribution >= 4 is 11.9 Å². The Kier molecular flexibility index (Phi) is 5.62. The maximum atomic E-state index is 12.6. The third-order valence-electron chi connectivity index (χ3n) is 4.61. The van der Waals surface area contributed by atoms with Gasteiger partial charge in [0.05, 0.1) is 23.1 Å². The van der Waals surface area contributed by atoms with Crippen LogP contribution in [0.4, 0.5) is 0 Å². The standard InChI is InChI=1S/C19H25N3O3/c1-6-12(3)17(19(24)25)21-18(23)15-10-20-22(14(15)5)16-9-11(2)7-8-13(16)4/h7-10,12,17H,6H2,1-5H3,(H,21,23)(H,24,25)/t12-,17-/m0/s1. The van der Waals surface area contributed by atoms with Gasteiger partial charge in [-0.05, 0) is 43.9 Å². The van der Waals surface area contributed by atoms with Crippen LogP contribution in [0.25, 0.3) is 5.69 Å². The first-order valence-corrected chi connectivity index (χ1v) is 8.42. The predicted octanol–water partition coefficient (Wildman–Crippen LogP) is 3.03. The average molecular weight is 343 g/mol. The number of aryl methyl sites for hydroxylation is 2. The van der Waals surface area contributed by atoms with Crippen LogP contribution < -0.4 is 5.32 Å². The SMILES string of the molecule is CC[C@H](C)[C@H](NC(=O)c1cnn(-c2cc(C)ccc2C)c1C)C(=O)O. The quantitative estimate of drug-likeness (QED) is 0.844. The number of carboxylic acid groups (broad SMARTS) is 1. The van der Waals surface area contributed by atoms with Crippen LogP contribution in [0.3, 0.4) is 0 Å². The molecule has 6 heteroatoms. The van der Waals surface area contributed by atoms with Gasteiger partial charge < -0.3 is 10.4 Å². The second-order valence-electron chi connectivity index (χ2n) is 6.52. The Balaban J connectivity index is 2.33. The summed E-state index contributed by atoms with van der Waals surface area (Å²) in [7, 11) is 0. The zero-order chi connectivity index (χ0) is 18.7. The van der Waals surface area contributed by atoms with E-state index >= 15 is 0 Å². The second kappa shape index (κ2) is 7.51. The number of benzene rings is 1. The lowest BCUT2D eigenvalue weighted by molar-refractivity contribution is -0.140. The number of hydrogen-bond donors (Lipinski definition) is 2. The molecular weight excluding hydrogens is 318 g/mol. The van der Waals surface area contributed by atoms with Crippen molar-refractivity contribution in [3.63, 3.8) is 0 Å². The highest BCUT2D eigenvalue weighted by Crippen LogP contribution is 2.19. The van der Waals surface area contributed by atoms with Gasteiger partial charge in [-0.15, -0.1) is 0 Å². The minimum atomic E-state index is -1.03. The molecule has 25 heavy (non-hydrogen) atoms. The Labute approximate surface area is 147 Å². The monoisotopic (exact) mass is 343 g/mol. The number of rotatable bonds is 6. The highest BCUT2D eigenvalue weighted by Gasteiger charge is 2.27. The summed E-state index contributed by atoms with van der Waals surface area (Å²) in [6.45, 7) is 9.50. The van der Waals surface area contributed by atoms with Gasteiger partial charge in [-0.1, -0.05) is 32.4 Å². The van der Waals surface area contributed by atoms with E-state index in [1.165, 1.54) is 6.20 Å². The average Bonchev–Trinajstić information content (AvgIpc) is 2.95. The van der Waals surface area contributed by atoms with Crippen LogP contribution in [-0.4, -0.2) is 32.8 Å². The van der Waals surface area contributed by atoms with Crippen LogP contribution in [0.1, 0.15) is 47.4 Å². The summed E-state index contributed by atoms with van der Waals surface area (Å²) in [5, 5.41) is 16.3. The smallest absolute Gasteiger partial charge is 0.326 e. The molecule has 0 aliphatic carbocycles. The first-order valence-electron chi connectivity index (χ1n) is 8.42. The molecule has 2 N–H and O–H groups in total. The molecule has 1 aromatic heterocycles. The fourth-order valence-corrected chi connectivity index (χ4v) is 2.73. The summed E-state index contributed by atoms with van der Waals surface area (Å²) in [6.07, 6.45) is 2.15. The summed E-state index contributed by atoms with van der Waals surface area (Å²) < 4.78 is 1.72. The van der Waals surface area contributed by atoms with Crippen LogP contribution in [0.5, 0.6) is 0 Å². The Morgan fingerprint density at radius 3 is 2.56 bits per heavy atom. The van der Waals surface area contributed by atoms with E-state index in [-0.39, 0.29) is 5.92 Å². The van der Waals surface area contributed by atoms with Crippen molar-refractivity contribution < 1.29 is 14.7 Å². The highest BCUT2D eigenvalue weighted by molar-refractivity contribution is 5.97. The van der Waals surface area contributed by atoms with Crippen LogP contribution in [0.15, 0.2) is 24.4 Å². The minimum absolute atomic E-state index is 0.157. The summed E-state index contributed by atoms with van der Waals surface area (Å²) in [5.41, 5.74) is 4.12. The Morgan fingerprint density at radius 2 is 1.96 bits per heavy atom. The van der Waals surface area contributed by atoms with Gasteiger partial charge in [-0.2, -0.15) is 5.10 Å². The molecule has 0 saturated carbocycles. The van der Waals surface area contributed by atoms with Crippen molar-refractivity contribution in [2.45, 2.75) is 47.1 Å². The molecule has 2 aromatic rings. The van der Waals surface area contributed by atoms with E-state index < -0.39 is 17.9 Å². The van der Waals surface area contributed by atoms with Crippen LogP contribution in [0, 0.1) is 26.7 Å². The lowest BCUT2D eigenvalue weighted by Crippen LogP contribution is -2.45. The number of aromatic nitrogens is 2. The summed E-state index contributed by atoms with van der Waals surface area (Å²) in [5.74, 6) is -1.60. The van der Waals surface area contributed by atoms with Crippen LogP contribution >= 0.6 is 0 Å². The van der Waals surface area contributed by atoms with Crippen molar-refractivity contribution in [2.75, 3.05) is 0 Å². The molecule has 1 amide bonds. The molecule has 2 atom stereocenters. The topological polar surface area (TPSA) is 84.2 Å². The number of amides is 1. The van der Waals surface area contributed by atoms with Crippen molar-refractivity contribution in [1.82, 2.24) is 15.1 Å². The van der Waals surface area contributed by atoms with E-state index in [9.17, 15) is 14.7 Å². The van der Waals surface area contributed by atoms with Crippen molar-refractivity contribution in [1.29, 1.82) is 0 Å². The zero-order valence-corrected chi connectivity index (χ0v) is 15.3. The molecule has 134 valence electrons. The molecule has 0 fully saturated rings. The molecule has 0 spiro atoms. The van der Waals surface area contributed by atoms with Crippen LogP contribution in [0.2, 0.25) is 0 Å². The first-order chi connectivity index (χ1) is 11.8. The van der Waals surface area contributed by atoms with Crippen molar-refractivity contribution in [3.05, 3.63) is 46.8 Å². The van der Waals surface area contributed by atoms with Gasteiger partial charge in [0, 0.05) is 0 Å². The number of carbonyl (C=O) groups excluding carboxylic acids is 1. The predicted molar refractivity (Wildman–Crippen MR) is 96.1 cm³/mol. The lowest BCUT2D eigenvalue weighted by atomic mass is 9.99. The molecule has 0 aliphatic rings. The molecule has 1 heterocycles. The number of aliphatic carboxylic acids is 1. The molecule has 6 nitrogen and oxygen atoms in total. The molecule has 0 radical (unpaired) electrons. The summed E-state index contributed by atoms with van der Waals surface area (Å²) in [4.78, 5) is 24.0. The number of carboxylic acids is 1. The molecule has 1 aromatic carbocycles. The maximum absolute atomic E-state index is 12.6. The third kappa shape index (κ3) is 3.90. The second-order valence-corrected chi connectivity index (χ2v) is 6.52. The van der Waals surface area contributed by atoms with Gasteiger partial charge in [0.25, 0.3) is 5.91 Å². The largest absolute Gasteiger partial charge is 0.480 e. The zero-order valence-electron chi connectivity index (χ0n) is 15.3. The molecular formula is C19H25N3O3. The maximum Gasteiger partial charge on any atom is 0.326 e. The van der Waals surface area contributed by atoms with Crippen molar-refractivity contribution in [2.24, 2.45) is 5.92 Å². The van der Waals surface area contributed by atoms with Gasteiger partial charge in [0.1, 0.15) is 6.04 Å². The van der Waals surface area contributed by atoms with E-state index in [1.54, 1.807) is 4.68 Å². The first kappa shape index (κ1) is 18.7. The number of hydrogen-bond acceptors (Lipinski definition) is 3. The number of nitrogens with one attached hydrogen (secondary N) is 1. The fraction of sp³-hybridized carbons (Fsp3) is 0.421. The minimum Gasteiger partial charge on any atom is -0.480 e. The lowest BCUT2D eigenvalue weighted by Gasteiger charge is -2.20. The van der Waals surface area contributed by atoms with Gasteiger partial charge in [0.15, 0.2) is 0 Å². The van der Waals surface area contributed by atoms with E-state index in [0.717, 1.165) is 16.8 Å². The van der Waals surface area contributed by atoms with E-state index in [2.05, 4.69) is 10.4 Å². The van der Waals surface area contributed by atoms with Gasteiger partial charge in [-0.3, -0.25) is 4.79 Å². The Bertz CT molecular complexity index is 795. The molecule has 0 unspecified atom stereocenters.